The van der Waals surface area contributed by atoms with E-state index in [0.717, 1.165) is 35.4 Å². The molecular weight excluding hydrogens is 372 g/mol. The van der Waals surface area contributed by atoms with Gasteiger partial charge in [-0.25, -0.2) is 22.7 Å². The van der Waals surface area contributed by atoms with Crippen LogP contribution < -0.4 is 4.31 Å². The highest BCUT2D eigenvalue weighted by Crippen LogP contribution is 2.36. The van der Waals surface area contributed by atoms with Crippen LogP contribution in [0.2, 0.25) is 0 Å². The number of rotatable bonds is 3. The Morgan fingerprint density at radius 3 is 2.46 bits per heavy atom. The summed E-state index contributed by atoms with van der Waals surface area (Å²) < 4.78 is 30.1. The quantitative estimate of drug-likeness (QED) is 0.675. The summed E-state index contributed by atoms with van der Waals surface area (Å²) in [7, 11) is -3.62. The lowest BCUT2D eigenvalue weighted by atomic mass is 9.88. The highest BCUT2D eigenvalue weighted by molar-refractivity contribution is 7.92. The Balaban J connectivity index is 1.60. The van der Waals surface area contributed by atoms with E-state index in [1.165, 1.54) is 23.6 Å². The minimum atomic E-state index is -3.62. The van der Waals surface area contributed by atoms with Gasteiger partial charge in [0.1, 0.15) is 5.82 Å². The molecule has 2 aromatic heterocycles. The monoisotopic (exact) mass is 396 g/mol. The van der Waals surface area contributed by atoms with Crippen molar-refractivity contribution in [3.63, 3.8) is 0 Å². The third-order valence-electron chi connectivity index (χ3n) is 6.03. The Kier molecular flexibility index (Phi) is 4.16. The van der Waals surface area contributed by atoms with Gasteiger partial charge in [-0.15, -0.1) is 0 Å². The van der Waals surface area contributed by atoms with E-state index >= 15 is 0 Å². The van der Waals surface area contributed by atoms with Crippen molar-refractivity contribution in [2.75, 3.05) is 10.8 Å². The van der Waals surface area contributed by atoms with Gasteiger partial charge in [-0.1, -0.05) is 37.0 Å². The Labute approximate surface area is 165 Å². The topological polar surface area (TPSA) is 67.6 Å². The average Bonchev–Trinajstić information content (AvgIpc) is 3.33. The van der Waals surface area contributed by atoms with Crippen molar-refractivity contribution in [1.82, 2.24) is 14.4 Å². The van der Waals surface area contributed by atoms with Gasteiger partial charge in [-0.3, -0.25) is 4.40 Å². The summed E-state index contributed by atoms with van der Waals surface area (Å²) in [5, 5.41) is 0. The molecule has 5 rings (SSSR count). The second-order valence-corrected chi connectivity index (χ2v) is 9.74. The number of fused-ring (bicyclic) bond motifs is 3. The lowest BCUT2D eigenvalue weighted by Crippen LogP contribution is -2.29. The van der Waals surface area contributed by atoms with E-state index in [4.69, 9.17) is 4.98 Å². The van der Waals surface area contributed by atoms with E-state index in [0.29, 0.717) is 29.6 Å². The minimum absolute atomic E-state index is 0.311. The van der Waals surface area contributed by atoms with Crippen molar-refractivity contribution >= 4 is 21.4 Å². The number of aromatic nitrogens is 3. The Morgan fingerprint density at radius 1 is 1.00 bits per heavy atom. The summed E-state index contributed by atoms with van der Waals surface area (Å²) in [6.45, 7) is 2.37. The van der Waals surface area contributed by atoms with Crippen LogP contribution in [-0.4, -0.2) is 29.3 Å². The molecular formula is C21H24N4O2S. The van der Waals surface area contributed by atoms with Gasteiger partial charge in [-0.2, -0.15) is 0 Å². The predicted molar refractivity (Wildman–Crippen MR) is 108 cm³/mol. The van der Waals surface area contributed by atoms with Gasteiger partial charge < -0.3 is 0 Å². The SMILES string of the molecule is Cc1ccc(S(=O)(=O)N2CCc3c2ncc2cnc(C4CCCCC4)n32)cc1. The second-order valence-electron chi connectivity index (χ2n) is 7.88. The third kappa shape index (κ3) is 2.71. The summed E-state index contributed by atoms with van der Waals surface area (Å²) in [6, 6.07) is 7.01. The molecule has 7 heteroatoms. The lowest BCUT2D eigenvalue weighted by Gasteiger charge is -2.22. The van der Waals surface area contributed by atoms with Gasteiger partial charge in [0.25, 0.3) is 10.0 Å². The predicted octanol–water partition coefficient (Wildman–Crippen LogP) is 3.84. The highest BCUT2D eigenvalue weighted by Gasteiger charge is 2.34. The normalized spacial score (nSPS) is 18.0. The molecule has 28 heavy (non-hydrogen) atoms. The molecule has 0 amide bonds. The largest absolute Gasteiger partial charge is 0.295 e. The molecule has 0 bridgehead atoms. The van der Waals surface area contributed by atoms with Crippen molar-refractivity contribution in [2.45, 2.75) is 56.3 Å². The van der Waals surface area contributed by atoms with Crippen LogP contribution in [0.25, 0.3) is 5.52 Å². The molecule has 0 N–H and O–H groups in total. The number of hydrogen-bond acceptors (Lipinski definition) is 4. The van der Waals surface area contributed by atoms with E-state index in [9.17, 15) is 8.42 Å². The standard InChI is InChI=1S/C21H24N4O2S/c1-15-7-9-18(10-8-15)28(26,27)24-12-11-19-21(24)23-14-17-13-22-20(25(17)19)16-5-3-2-4-6-16/h7-10,13-14,16H,2-6,11-12H2,1H3. The van der Waals surface area contributed by atoms with Crippen LogP contribution >= 0.6 is 0 Å². The molecule has 0 spiro atoms. The first-order chi connectivity index (χ1) is 13.6. The van der Waals surface area contributed by atoms with Gasteiger partial charge in [0.05, 0.1) is 28.5 Å². The first-order valence-electron chi connectivity index (χ1n) is 10.0. The zero-order chi connectivity index (χ0) is 19.3. The van der Waals surface area contributed by atoms with E-state index in [2.05, 4.69) is 9.38 Å². The summed E-state index contributed by atoms with van der Waals surface area (Å²) in [6.07, 6.45) is 10.4. The Hall–Kier alpha value is -2.41. The number of imidazole rings is 1. The van der Waals surface area contributed by atoms with Gasteiger partial charge in [0, 0.05) is 18.9 Å². The molecule has 0 unspecified atom stereocenters. The van der Waals surface area contributed by atoms with Gasteiger partial charge >= 0.3 is 0 Å². The molecule has 1 aliphatic carbocycles. The molecule has 3 aromatic rings. The lowest BCUT2D eigenvalue weighted by molar-refractivity contribution is 0.427. The van der Waals surface area contributed by atoms with E-state index in [-0.39, 0.29) is 0 Å². The maximum absolute atomic E-state index is 13.2. The number of anilines is 1. The summed E-state index contributed by atoms with van der Waals surface area (Å²) in [4.78, 5) is 9.54. The first-order valence-corrected chi connectivity index (χ1v) is 11.4. The molecule has 6 nitrogen and oxygen atoms in total. The van der Waals surface area contributed by atoms with Crippen molar-refractivity contribution in [1.29, 1.82) is 0 Å². The zero-order valence-corrected chi connectivity index (χ0v) is 16.8. The van der Waals surface area contributed by atoms with Gasteiger partial charge in [0.2, 0.25) is 0 Å². The van der Waals surface area contributed by atoms with E-state index in [1.54, 1.807) is 18.3 Å². The van der Waals surface area contributed by atoms with Crippen LogP contribution in [0.3, 0.4) is 0 Å². The molecule has 1 fully saturated rings. The highest BCUT2D eigenvalue weighted by atomic mass is 32.2. The second kappa shape index (κ2) is 6.58. The molecule has 1 saturated carbocycles. The molecule has 3 heterocycles. The number of benzene rings is 1. The third-order valence-corrected chi connectivity index (χ3v) is 7.83. The summed E-state index contributed by atoms with van der Waals surface area (Å²) in [5.74, 6) is 2.07. The molecule has 0 radical (unpaired) electrons. The van der Waals surface area contributed by atoms with Crippen LogP contribution in [0.15, 0.2) is 41.6 Å². The number of nitrogens with zero attached hydrogens (tertiary/aromatic N) is 4. The van der Waals surface area contributed by atoms with Crippen LogP contribution in [0.4, 0.5) is 5.82 Å². The summed E-state index contributed by atoms with van der Waals surface area (Å²) in [5.41, 5.74) is 2.95. The maximum atomic E-state index is 13.2. The minimum Gasteiger partial charge on any atom is -0.295 e. The van der Waals surface area contributed by atoms with Crippen molar-refractivity contribution in [2.24, 2.45) is 0 Å². The number of sulfonamides is 1. The first kappa shape index (κ1) is 17.7. The summed E-state index contributed by atoms with van der Waals surface area (Å²) >= 11 is 0. The van der Waals surface area contributed by atoms with Crippen LogP contribution in [0.5, 0.6) is 0 Å². The van der Waals surface area contributed by atoms with E-state index in [1.807, 2.05) is 25.3 Å². The Bertz CT molecular complexity index is 1130. The molecule has 1 aromatic carbocycles. The molecule has 2 aliphatic rings. The molecule has 1 aliphatic heterocycles. The molecule has 0 saturated heterocycles. The van der Waals surface area contributed by atoms with Crippen molar-refractivity contribution < 1.29 is 8.42 Å². The van der Waals surface area contributed by atoms with Crippen LogP contribution in [-0.2, 0) is 16.4 Å². The smallest absolute Gasteiger partial charge is 0.265 e. The van der Waals surface area contributed by atoms with E-state index < -0.39 is 10.0 Å². The number of hydrogen-bond donors (Lipinski definition) is 0. The fraction of sp³-hybridized carbons (Fsp3) is 0.429. The van der Waals surface area contributed by atoms with Gasteiger partial charge in [-0.05, 0) is 31.9 Å². The Morgan fingerprint density at radius 2 is 1.71 bits per heavy atom. The zero-order valence-electron chi connectivity index (χ0n) is 16.0. The molecule has 146 valence electrons. The van der Waals surface area contributed by atoms with Crippen LogP contribution in [0.1, 0.15) is 55.1 Å². The molecule has 0 atom stereocenters. The van der Waals surface area contributed by atoms with Crippen LogP contribution in [0, 0.1) is 6.92 Å². The average molecular weight is 397 g/mol. The van der Waals surface area contributed by atoms with Crippen molar-refractivity contribution in [3.05, 3.63) is 53.7 Å². The maximum Gasteiger partial charge on any atom is 0.265 e. The fourth-order valence-electron chi connectivity index (χ4n) is 4.53. The fourth-order valence-corrected chi connectivity index (χ4v) is 5.98. The van der Waals surface area contributed by atoms with Gasteiger partial charge in [0.15, 0.2) is 5.82 Å². The van der Waals surface area contributed by atoms with Crippen molar-refractivity contribution in [3.8, 4) is 0 Å². The number of aryl methyl sites for hydroxylation is 1.